The van der Waals surface area contributed by atoms with Crippen LogP contribution in [0.3, 0.4) is 0 Å². The molecule has 1 aromatic carbocycles. The first-order chi connectivity index (χ1) is 10.3. The number of methoxy groups -OCH3 is 1. The molecule has 0 spiro atoms. The first-order valence-electron chi connectivity index (χ1n) is 8.33. The zero-order valence-electron chi connectivity index (χ0n) is 13.8. The Hall–Kier alpha value is -1.06. The van der Waals surface area contributed by atoms with Gasteiger partial charge in [0.05, 0.1) is 6.61 Å². The molecule has 0 aliphatic carbocycles. The molecule has 0 radical (unpaired) electrons. The Labute approximate surface area is 129 Å². The molecule has 3 nitrogen and oxygen atoms in total. The quantitative estimate of drug-likeness (QED) is 0.834. The molecule has 1 aliphatic heterocycles. The van der Waals surface area contributed by atoms with Crippen molar-refractivity contribution in [1.82, 2.24) is 5.32 Å². The molecule has 1 N–H and O–H groups in total. The minimum Gasteiger partial charge on any atom is -0.384 e. The van der Waals surface area contributed by atoms with E-state index >= 15 is 0 Å². The van der Waals surface area contributed by atoms with Gasteiger partial charge in [0.25, 0.3) is 0 Å². The highest BCUT2D eigenvalue weighted by Gasteiger charge is 2.26. The van der Waals surface area contributed by atoms with Crippen molar-refractivity contribution in [2.75, 3.05) is 31.7 Å². The predicted octanol–water partition coefficient (Wildman–Crippen LogP) is 3.23. The highest BCUT2D eigenvalue weighted by molar-refractivity contribution is 5.55. The van der Waals surface area contributed by atoms with Gasteiger partial charge in [0.15, 0.2) is 0 Å². The summed E-state index contributed by atoms with van der Waals surface area (Å²) in [6.45, 7) is 7.67. The van der Waals surface area contributed by atoms with Crippen LogP contribution in [0.1, 0.15) is 38.7 Å². The number of nitrogens with one attached hydrogen (secondary N) is 1. The van der Waals surface area contributed by atoms with E-state index in [4.69, 9.17) is 4.74 Å². The number of para-hydroxylation sites is 1. The summed E-state index contributed by atoms with van der Waals surface area (Å²) in [5.41, 5.74) is 2.81. The second kappa shape index (κ2) is 8.40. The molecule has 1 aromatic rings. The average molecular weight is 290 g/mol. The third kappa shape index (κ3) is 4.45. The maximum absolute atomic E-state index is 5.25. The molecular formula is C18H30N2O. The Kier molecular flexibility index (Phi) is 6.52. The van der Waals surface area contributed by atoms with E-state index in [0.29, 0.717) is 12.1 Å². The number of ether oxygens (including phenoxy) is 1. The molecule has 0 amide bonds. The Morgan fingerprint density at radius 3 is 2.86 bits per heavy atom. The number of anilines is 1. The second-order valence-corrected chi connectivity index (χ2v) is 6.09. The van der Waals surface area contributed by atoms with Crippen molar-refractivity contribution < 1.29 is 4.74 Å². The maximum Gasteiger partial charge on any atom is 0.0503 e. The summed E-state index contributed by atoms with van der Waals surface area (Å²) in [4.78, 5) is 2.58. The fraction of sp³-hybridized carbons (Fsp3) is 0.667. The molecule has 1 saturated heterocycles. The molecule has 118 valence electrons. The minimum absolute atomic E-state index is 0.594. The molecule has 1 aliphatic rings. The standard InChI is InChI=1S/C18H30N2O/c1-4-11-19-17-9-12-20(15(2)14-17)18-8-6-5-7-16(18)10-13-21-3/h5-8,15,17,19H,4,9-14H2,1-3H3. The molecule has 0 bridgehead atoms. The van der Waals surface area contributed by atoms with Crippen molar-refractivity contribution >= 4 is 5.69 Å². The van der Waals surface area contributed by atoms with E-state index in [1.54, 1.807) is 7.11 Å². The van der Waals surface area contributed by atoms with Crippen molar-refractivity contribution in [1.29, 1.82) is 0 Å². The molecule has 2 atom stereocenters. The van der Waals surface area contributed by atoms with E-state index in [-0.39, 0.29) is 0 Å². The summed E-state index contributed by atoms with van der Waals surface area (Å²) >= 11 is 0. The summed E-state index contributed by atoms with van der Waals surface area (Å²) in [5, 5.41) is 3.68. The first kappa shape index (κ1) is 16.3. The lowest BCUT2D eigenvalue weighted by atomic mass is 9.96. The minimum atomic E-state index is 0.594. The number of benzene rings is 1. The number of rotatable bonds is 7. The summed E-state index contributed by atoms with van der Waals surface area (Å²) < 4.78 is 5.25. The van der Waals surface area contributed by atoms with Crippen molar-refractivity contribution in [3.8, 4) is 0 Å². The van der Waals surface area contributed by atoms with E-state index < -0.39 is 0 Å². The van der Waals surface area contributed by atoms with E-state index in [1.165, 1.54) is 30.5 Å². The van der Waals surface area contributed by atoms with Crippen LogP contribution in [0, 0.1) is 0 Å². The zero-order chi connectivity index (χ0) is 15.1. The smallest absolute Gasteiger partial charge is 0.0503 e. The fourth-order valence-corrected chi connectivity index (χ4v) is 3.28. The van der Waals surface area contributed by atoms with E-state index in [9.17, 15) is 0 Å². The van der Waals surface area contributed by atoms with Gasteiger partial charge in [-0.15, -0.1) is 0 Å². The predicted molar refractivity (Wildman–Crippen MR) is 90.1 cm³/mol. The van der Waals surface area contributed by atoms with Gasteiger partial charge in [-0.1, -0.05) is 25.1 Å². The van der Waals surface area contributed by atoms with Crippen LogP contribution in [0.5, 0.6) is 0 Å². The highest BCUT2D eigenvalue weighted by atomic mass is 16.5. The molecule has 0 aromatic heterocycles. The van der Waals surface area contributed by atoms with Gasteiger partial charge in [0, 0.05) is 31.4 Å². The lowest BCUT2D eigenvalue weighted by molar-refractivity contribution is 0.202. The molecule has 3 heteroatoms. The fourth-order valence-electron chi connectivity index (χ4n) is 3.28. The Morgan fingerprint density at radius 2 is 2.14 bits per heavy atom. The Bertz CT molecular complexity index is 421. The monoisotopic (exact) mass is 290 g/mol. The van der Waals surface area contributed by atoms with Crippen LogP contribution in [0.2, 0.25) is 0 Å². The van der Waals surface area contributed by atoms with Crippen molar-refractivity contribution in [2.45, 2.75) is 51.6 Å². The van der Waals surface area contributed by atoms with Crippen molar-refractivity contribution in [2.24, 2.45) is 0 Å². The number of nitrogens with zero attached hydrogens (tertiary/aromatic N) is 1. The van der Waals surface area contributed by atoms with Crippen LogP contribution in [-0.4, -0.2) is 38.9 Å². The van der Waals surface area contributed by atoms with E-state index in [1.807, 2.05) is 0 Å². The topological polar surface area (TPSA) is 24.5 Å². The van der Waals surface area contributed by atoms with Crippen LogP contribution >= 0.6 is 0 Å². The molecule has 1 fully saturated rings. The molecule has 1 heterocycles. The molecule has 2 unspecified atom stereocenters. The van der Waals surface area contributed by atoms with Crippen LogP contribution in [0.25, 0.3) is 0 Å². The summed E-state index contributed by atoms with van der Waals surface area (Å²) in [5.74, 6) is 0. The van der Waals surface area contributed by atoms with Gasteiger partial charge in [-0.05, 0) is 50.8 Å². The lowest BCUT2D eigenvalue weighted by Gasteiger charge is -2.40. The lowest BCUT2D eigenvalue weighted by Crippen LogP contribution is -2.48. The SMILES string of the molecule is CCCNC1CCN(c2ccccc2CCOC)C(C)C1. The highest BCUT2D eigenvalue weighted by Crippen LogP contribution is 2.28. The van der Waals surface area contributed by atoms with Gasteiger partial charge in [-0.3, -0.25) is 0 Å². The molecule has 0 saturated carbocycles. The van der Waals surface area contributed by atoms with Gasteiger partial charge in [-0.25, -0.2) is 0 Å². The average Bonchev–Trinajstić information content (AvgIpc) is 2.51. The molecule has 21 heavy (non-hydrogen) atoms. The normalized spacial score (nSPS) is 22.5. The van der Waals surface area contributed by atoms with Gasteiger partial charge in [-0.2, -0.15) is 0 Å². The van der Waals surface area contributed by atoms with Crippen LogP contribution in [-0.2, 0) is 11.2 Å². The third-order valence-electron chi connectivity index (χ3n) is 4.44. The Morgan fingerprint density at radius 1 is 1.33 bits per heavy atom. The van der Waals surface area contributed by atoms with Gasteiger partial charge in [0.2, 0.25) is 0 Å². The molecular weight excluding hydrogens is 260 g/mol. The van der Waals surface area contributed by atoms with Crippen LogP contribution in [0.4, 0.5) is 5.69 Å². The number of piperidine rings is 1. The number of hydrogen-bond acceptors (Lipinski definition) is 3. The van der Waals surface area contributed by atoms with Gasteiger partial charge < -0.3 is 15.0 Å². The summed E-state index contributed by atoms with van der Waals surface area (Å²) in [6.07, 6.45) is 4.68. The first-order valence-corrected chi connectivity index (χ1v) is 8.33. The maximum atomic E-state index is 5.25. The third-order valence-corrected chi connectivity index (χ3v) is 4.44. The van der Waals surface area contributed by atoms with E-state index in [2.05, 4.69) is 48.3 Å². The largest absolute Gasteiger partial charge is 0.384 e. The van der Waals surface area contributed by atoms with Crippen molar-refractivity contribution in [3.63, 3.8) is 0 Å². The van der Waals surface area contributed by atoms with E-state index in [0.717, 1.165) is 26.1 Å². The summed E-state index contributed by atoms with van der Waals surface area (Å²) in [7, 11) is 1.77. The zero-order valence-corrected chi connectivity index (χ0v) is 13.8. The Balaban J connectivity index is 2.02. The van der Waals surface area contributed by atoms with Crippen molar-refractivity contribution in [3.05, 3.63) is 29.8 Å². The van der Waals surface area contributed by atoms with Gasteiger partial charge >= 0.3 is 0 Å². The number of hydrogen-bond donors (Lipinski definition) is 1. The summed E-state index contributed by atoms with van der Waals surface area (Å²) in [6, 6.07) is 10.1. The van der Waals surface area contributed by atoms with Gasteiger partial charge in [0.1, 0.15) is 0 Å². The van der Waals surface area contributed by atoms with Crippen LogP contribution in [0.15, 0.2) is 24.3 Å². The second-order valence-electron chi connectivity index (χ2n) is 6.09. The van der Waals surface area contributed by atoms with Crippen LogP contribution < -0.4 is 10.2 Å². The molecule has 2 rings (SSSR count).